The first-order chi connectivity index (χ1) is 13.9. The quantitative estimate of drug-likeness (QED) is 0.490. The smallest absolute Gasteiger partial charge is 0.328 e. The van der Waals surface area contributed by atoms with E-state index in [2.05, 4.69) is 5.10 Å². The fourth-order valence-electron chi connectivity index (χ4n) is 3.17. The van der Waals surface area contributed by atoms with E-state index in [1.54, 1.807) is 12.1 Å². The summed E-state index contributed by atoms with van der Waals surface area (Å²) < 4.78 is 5.97. The first-order valence-electron chi connectivity index (χ1n) is 9.47. The number of aromatic amines is 1. The minimum Gasteiger partial charge on any atom is -0.456 e. The Labute approximate surface area is 166 Å². The van der Waals surface area contributed by atoms with Crippen molar-refractivity contribution in [3.63, 3.8) is 0 Å². The van der Waals surface area contributed by atoms with Gasteiger partial charge in [-0.2, -0.15) is 0 Å². The van der Waals surface area contributed by atoms with Crippen LogP contribution in [0.3, 0.4) is 0 Å². The van der Waals surface area contributed by atoms with Gasteiger partial charge >= 0.3 is 5.97 Å². The number of hydrogen-bond acceptors (Lipinski definition) is 5. The fourth-order valence-corrected chi connectivity index (χ4v) is 3.17. The van der Waals surface area contributed by atoms with Crippen molar-refractivity contribution in [3.8, 4) is 0 Å². The molecule has 0 saturated heterocycles. The van der Waals surface area contributed by atoms with Crippen molar-refractivity contribution in [2.75, 3.05) is 6.61 Å². The summed E-state index contributed by atoms with van der Waals surface area (Å²) in [5.41, 5.74) is 1.46. The molecule has 0 aliphatic heterocycles. The zero-order valence-corrected chi connectivity index (χ0v) is 16.4. The summed E-state index contributed by atoms with van der Waals surface area (Å²) in [5.74, 6) is -1.08. The largest absolute Gasteiger partial charge is 0.456 e. The Balaban J connectivity index is 1.73. The molecule has 0 atom stereocenters. The van der Waals surface area contributed by atoms with Crippen LogP contribution in [0.2, 0.25) is 0 Å². The molecule has 3 rings (SSSR count). The summed E-state index contributed by atoms with van der Waals surface area (Å²) >= 11 is 0. The molecule has 0 radical (unpaired) electrons. The van der Waals surface area contributed by atoms with Crippen molar-refractivity contribution in [1.82, 2.24) is 9.78 Å². The highest BCUT2D eigenvalue weighted by molar-refractivity contribution is 5.99. The average molecular weight is 394 g/mol. The van der Waals surface area contributed by atoms with E-state index >= 15 is 0 Å². The molecular formula is C22H22N2O5. The number of rotatable bonds is 7. The normalized spacial score (nSPS) is 10.8. The van der Waals surface area contributed by atoms with Gasteiger partial charge in [0.25, 0.3) is 11.1 Å². The number of nitrogens with one attached hydrogen (secondary N) is 1. The van der Waals surface area contributed by atoms with E-state index in [-0.39, 0.29) is 16.6 Å². The number of aromatic nitrogens is 2. The number of carbonyl (C=O) groups excluding carboxylic acids is 2. The molecule has 7 heteroatoms. The van der Waals surface area contributed by atoms with E-state index in [1.807, 2.05) is 32.0 Å². The van der Waals surface area contributed by atoms with Crippen molar-refractivity contribution in [1.29, 1.82) is 0 Å². The number of ether oxygens (including phenoxy) is 1. The Kier molecular flexibility index (Phi) is 6.07. The minimum atomic E-state index is -0.781. The van der Waals surface area contributed by atoms with Gasteiger partial charge in [-0.15, -0.1) is 0 Å². The van der Waals surface area contributed by atoms with Crippen LogP contribution < -0.4 is 11.1 Å². The molecular weight excluding hydrogens is 372 g/mol. The van der Waals surface area contributed by atoms with Crippen LogP contribution in [-0.2, 0) is 28.9 Å². The van der Waals surface area contributed by atoms with Crippen LogP contribution >= 0.6 is 0 Å². The van der Waals surface area contributed by atoms with Gasteiger partial charge in [0.15, 0.2) is 6.61 Å². The number of H-pyrrole nitrogens is 1. The van der Waals surface area contributed by atoms with Gasteiger partial charge < -0.3 is 4.74 Å². The molecule has 1 N–H and O–H groups in total. The fraction of sp³-hybridized carbons (Fsp3) is 0.273. The Hall–Kier alpha value is -3.48. The van der Waals surface area contributed by atoms with Crippen molar-refractivity contribution in [2.45, 2.75) is 33.2 Å². The van der Waals surface area contributed by atoms with Crippen molar-refractivity contribution in [2.24, 2.45) is 0 Å². The van der Waals surface area contributed by atoms with Crippen LogP contribution in [0.15, 0.2) is 52.1 Å². The maximum atomic E-state index is 12.5. The maximum absolute atomic E-state index is 12.5. The summed E-state index contributed by atoms with van der Waals surface area (Å²) in [6.07, 6.45) is 1.48. The molecule has 3 aromatic rings. The average Bonchev–Trinajstić information content (AvgIpc) is 2.75. The van der Waals surface area contributed by atoms with Crippen LogP contribution in [-0.4, -0.2) is 28.1 Å². The second-order valence-corrected chi connectivity index (χ2v) is 6.66. The van der Waals surface area contributed by atoms with Crippen LogP contribution in [0.1, 0.15) is 35.3 Å². The molecule has 0 bridgehead atoms. The summed E-state index contributed by atoms with van der Waals surface area (Å²) in [5, 5.41) is 2.83. The number of ketones is 1. The van der Waals surface area contributed by atoms with Gasteiger partial charge in [0, 0.05) is 5.56 Å². The van der Waals surface area contributed by atoms with Crippen LogP contribution in [0, 0.1) is 0 Å². The topological polar surface area (TPSA) is 98.2 Å². The van der Waals surface area contributed by atoms with Gasteiger partial charge in [-0.05, 0) is 42.2 Å². The van der Waals surface area contributed by atoms with E-state index in [9.17, 15) is 19.2 Å². The minimum absolute atomic E-state index is 0.212. The summed E-state index contributed by atoms with van der Waals surface area (Å²) in [4.78, 5) is 49.3. The van der Waals surface area contributed by atoms with Crippen LogP contribution in [0.4, 0.5) is 0 Å². The van der Waals surface area contributed by atoms with E-state index in [0.717, 1.165) is 22.2 Å². The molecule has 1 aromatic heterocycles. The number of nitrogens with zero attached hydrogens (tertiary/aromatic N) is 1. The zero-order chi connectivity index (χ0) is 21.0. The van der Waals surface area contributed by atoms with Crippen LogP contribution in [0.25, 0.3) is 10.8 Å². The monoisotopic (exact) mass is 394 g/mol. The molecule has 0 amide bonds. The van der Waals surface area contributed by atoms with Gasteiger partial charge in [-0.25, -0.2) is 4.68 Å². The first kappa shape index (κ1) is 20.3. The third-order valence-electron chi connectivity index (χ3n) is 4.80. The first-order valence-corrected chi connectivity index (χ1v) is 9.47. The van der Waals surface area contributed by atoms with Crippen molar-refractivity contribution < 1.29 is 14.3 Å². The Morgan fingerprint density at radius 1 is 1.00 bits per heavy atom. The standard InChI is InChI=1S/C22H22N2O5/c1-3-14-9-10-15(4-2)18(11-14)19(25)13-29-20(26)12-24-22(28)17-8-6-5-7-16(17)21(27)23-24/h5-11H,3-4,12-13H2,1-2H3,(H,23,27). The third kappa shape index (κ3) is 4.34. The molecule has 0 unspecified atom stereocenters. The number of Topliss-reactive ketones (excluding diaryl/α,β-unsaturated/α-hetero) is 1. The molecule has 0 aliphatic carbocycles. The van der Waals surface area contributed by atoms with E-state index in [4.69, 9.17) is 4.74 Å². The Bertz CT molecular complexity index is 1190. The number of fused-ring (bicyclic) bond motifs is 1. The predicted molar refractivity (Wildman–Crippen MR) is 109 cm³/mol. The van der Waals surface area contributed by atoms with Crippen molar-refractivity contribution in [3.05, 3.63) is 79.9 Å². The SMILES string of the molecule is CCc1ccc(CC)c(C(=O)COC(=O)Cn2[nH]c(=O)c3ccccc3c2=O)c1. The predicted octanol–water partition coefficient (Wildman–Crippen LogP) is 2.24. The maximum Gasteiger partial charge on any atom is 0.328 e. The molecule has 0 saturated carbocycles. The number of benzene rings is 2. The van der Waals surface area contributed by atoms with E-state index in [1.165, 1.54) is 12.1 Å². The van der Waals surface area contributed by atoms with Crippen molar-refractivity contribution >= 4 is 22.5 Å². The van der Waals surface area contributed by atoms with Gasteiger partial charge in [0.05, 0.1) is 10.8 Å². The molecule has 7 nitrogen and oxygen atoms in total. The highest BCUT2D eigenvalue weighted by atomic mass is 16.5. The Morgan fingerprint density at radius 3 is 2.41 bits per heavy atom. The molecule has 2 aromatic carbocycles. The lowest BCUT2D eigenvalue weighted by Gasteiger charge is -2.10. The van der Waals surface area contributed by atoms with Gasteiger partial charge in [0.1, 0.15) is 6.54 Å². The lowest BCUT2D eigenvalue weighted by Crippen LogP contribution is -2.33. The van der Waals surface area contributed by atoms with E-state index in [0.29, 0.717) is 12.0 Å². The van der Waals surface area contributed by atoms with E-state index < -0.39 is 30.2 Å². The van der Waals surface area contributed by atoms with Crippen LogP contribution in [0.5, 0.6) is 0 Å². The number of esters is 1. The lowest BCUT2D eigenvalue weighted by molar-refractivity contribution is -0.143. The highest BCUT2D eigenvalue weighted by Crippen LogP contribution is 2.15. The molecule has 150 valence electrons. The second kappa shape index (κ2) is 8.68. The van der Waals surface area contributed by atoms with Gasteiger partial charge in [-0.3, -0.25) is 24.3 Å². The third-order valence-corrected chi connectivity index (χ3v) is 4.80. The summed E-state index contributed by atoms with van der Waals surface area (Å²) in [6.45, 7) is 3.04. The number of hydrogen-bond donors (Lipinski definition) is 1. The molecule has 0 aliphatic rings. The molecule has 29 heavy (non-hydrogen) atoms. The summed E-state index contributed by atoms with van der Waals surface area (Å²) in [6, 6.07) is 12.1. The summed E-state index contributed by atoms with van der Waals surface area (Å²) in [7, 11) is 0. The zero-order valence-electron chi connectivity index (χ0n) is 16.4. The Morgan fingerprint density at radius 2 is 1.72 bits per heavy atom. The molecule has 1 heterocycles. The number of aryl methyl sites for hydroxylation is 2. The molecule has 0 fully saturated rings. The van der Waals surface area contributed by atoms with Gasteiger partial charge in [0.2, 0.25) is 5.78 Å². The second-order valence-electron chi connectivity index (χ2n) is 6.66. The lowest BCUT2D eigenvalue weighted by atomic mass is 9.98. The molecule has 0 spiro atoms. The number of carbonyl (C=O) groups is 2. The van der Waals surface area contributed by atoms with Gasteiger partial charge in [-0.1, -0.05) is 38.1 Å². The highest BCUT2D eigenvalue weighted by Gasteiger charge is 2.16.